The summed E-state index contributed by atoms with van der Waals surface area (Å²) in [5, 5.41) is 9.00. The maximum atomic E-state index is 12.1. The monoisotopic (exact) mass is 319 g/mol. The summed E-state index contributed by atoms with van der Waals surface area (Å²) in [5.74, 6) is -0.246. The molecule has 0 aromatic heterocycles. The van der Waals surface area contributed by atoms with Gasteiger partial charge >= 0.3 is 0 Å². The minimum absolute atomic E-state index is 0.0404. The van der Waals surface area contributed by atoms with Crippen molar-refractivity contribution in [3.8, 4) is 0 Å². The molecule has 5 nitrogen and oxygen atoms in total. The molecular formula is C18H29N3O2. The molecule has 1 rings (SSSR count). The van der Waals surface area contributed by atoms with Crippen LogP contribution in [0.4, 0.5) is 0 Å². The molecule has 0 bridgehead atoms. The van der Waals surface area contributed by atoms with Crippen molar-refractivity contribution in [2.75, 3.05) is 19.6 Å². The molecule has 0 saturated heterocycles. The van der Waals surface area contributed by atoms with Crippen molar-refractivity contribution < 1.29 is 9.59 Å². The van der Waals surface area contributed by atoms with Crippen molar-refractivity contribution in [3.63, 3.8) is 0 Å². The van der Waals surface area contributed by atoms with E-state index in [1.807, 2.05) is 13.8 Å². The molecule has 0 fully saturated rings. The predicted molar refractivity (Wildman–Crippen MR) is 93.7 cm³/mol. The van der Waals surface area contributed by atoms with E-state index in [-0.39, 0.29) is 23.3 Å². The molecule has 0 radical (unpaired) electrons. The second-order valence-electron chi connectivity index (χ2n) is 6.99. The Hall–Kier alpha value is -1.88. The summed E-state index contributed by atoms with van der Waals surface area (Å²) in [5.41, 5.74) is 1.16. The Labute approximate surface area is 139 Å². The fourth-order valence-corrected chi connectivity index (χ4v) is 1.99. The number of carbonyl (C=O) groups is 2. The summed E-state index contributed by atoms with van der Waals surface area (Å²) in [6.07, 6.45) is 0. The minimum Gasteiger partial charge on any atom is -0.352 e. The maximum absolute atomic E-state index is 12.1. The Kier molecular flexibility index (Phi) is 7.23. The van der Waals surface area contributed by atoms with Gasteiger partial charge in [0.25, 0.3) is 11.8 Å². The van der Waals surface area contributed by atoms with E-state index in [0.717, 1.165) is 6.54 Å². The van der Waals surface area contributed by atoms with E-state index in [1.54, 1.807) is 24.3 Å². The molecule has 0 unspecified atom stereocenters. The largest absolute Gasteiger partial charge is 0.352 e. The van der Waals surface area contributed by atoms with E-state index in [2.05, 4.69) is 36.7 Å². The fraction of sp³-hybridized carbons (Fsp3) is 0.556. The van der Waals surface area contributed by atoms with Crippen molar-refractivity contribution in [1.82, 2.24) is 16.0 Å². The molecule has 0 aliphatic heterocycles. The molecule has 0 heterocycles. The van der Waals surface area contributed by atoms with Crippen LogP contribution in [-0.2, 0) is 0 Å². The number of hydrogen-bond acceptors (Lipinski definition) is 3. The van der Waals surface area contributed by atoms with Crippen LogP contribution < -0.4 is 16.0 Å². The summed E-state index contributed by atoms with van der Waals surface area (Å²) >= 11 is 0. The number of rotatable bonds is 7. The summed E-state index contributed by atoms with van der Waals surface area (Å²) in [4.78, 5) is 24.1. The number of carbonyl (C=O) groups excluding carboxylic acids is 2. The van der Waals surface area contributed by atoms with Gasteiger partial charge in [-0.25, -0.2) is 0 Å². The maximum Gasteiger partial charge on any atom is 0.251 e. The van der Waals surface area contributed by atoms with Gasteiger partial charge in [0.05, 0.1) is 0 Å². The summed E-state index contributed by atoms with van der Waals surface area (Å²) in [6.45, 7) is 12.3. The number of likely N-dealkylation sites (N-methyl/N-ethyl adjacent to an activating group) is 1. The Morgan fingerprint density at radius 1 is 1.00 bits per heavy atom. The summed E-state index contributed by atoms with van der Waals surface area (Å²) in [6, 6.07) is 6.95. The van der Waals surface area contributed by atoms with Crippen LogP contribution in [-0.4, -0.2) is 37.5 Å². The van der Waals surface area contributed by atoms with Crippen LogP contribution in [0.1, 0.15) is 55.3 Å². The van der Waals surface area contributed by atoms with Gasteiger partial charge in [0.15, 0.2) is 0 Å². The third-order valence-electron chi connectivity index (χ3n) is 3.31. The van der Waals surface area contributed by atoms with Gasteiger partial charge in [0, 0.05) is 30.3 Å². The average Bonchev–Trinajstić information content (AvgIpc) is 2.50. The smallest absolute Gasteiger partial charge is 0.251 e. The van der Waals surface area contributed by atoms with E-state index in [9.17, 15) is 9.59 Å². The van der Waals surface area contributed by atoms with E-state index in [4.69, 9.17) is 0 Å². The standard InChI is InChI=1S/C18H29N3O2/c1-6-19-13(2)11-20-16(22)14-7-9-15(10-8-14)17(23)21-12-18(3,4)5/h7-10,13,19H,6,11-12H2,1-5H3,(H,20,22)(H,21,23)/t13-/m1/s1. The van der Waals surface area contributed by atoms with Crippen molar-refractivity contribution in [3.05, 3.63) is 35.4 Å². The Balaban J connectivity index is 2.55. The van der Waals surface area contributed by atoms with Gasteiger partial charge < -0.3 is 16.0 Å². The molecule has 1 aromatic carbocycles. The van der Waals surface area contributed by atoms with E-state index in [1.165, 1.54) is 0 Å². The molecule has 23 heavy (non-hydrogen) atoms. The molecular weight excluding hydrogens is 290 g/mol. The topological polar surface area (TPSA) is 70.2 Å². The normalized spacial score (nSPS) is 12.6. The Bertz CT molecular complexity index is 518. The van der Waals surface area contributed by atoms with Crippen LogP contribution in [0.2, 0.25) is 0 Å². The first-order valence-electron chi connectivity index (χ1n) is 8.13. The lowest BCUT2D eigenvalue weighted by molar-refractivity contribution is 0.0932. The fourth-order valence-electron chi connectivity index (χ4n) is 1.99. The molecule has 128 valence electrons. The number of benzene rings is 1. The van der Waals surface area contributed by atoms with Gasteiger partial charge in [-0.3, -0.25) is 9.59 Å². The van der Waals surface area contributed by atoms with E-state index < -0.39 is 0 Å². The lowest BCUT2D eigenvalue weighted by Crippen LogP contribution is -2.38. The zero-order valence-corrected chi connectivity index (χ0v) is 14.8. The van der Waals surface area contributed by atoms with Gasteiger partial charge in [-0.05, 0) is 43.1 Å². The quantitative estimate of drug-likeness (QED) is 0.721. The zero-order chi connectivity index (χ0) is 17.5. The molecule has 0 aliphatic rings. The van der Waals surface area contributed by atoms with Crippen LogP contribution >= 0.6 is 0 Å². The third kappa shape index (κ3) is 7.28. The lowest BCUT2D eigenvalue weighted by Gasteiger charge is -2.18. The van der Waals surface area contributed by atoms with E-state index in [0.29, 0.717) is 24.2 Å². The van der Waals surface area contributed by atoms with Crippen LogP contribution in [0.3, 0.4) is 0 Å². The van der Waals surface area contributed by atoms with Crippen LogP contribution in [0.5, 0.6) is 0 Å². The summed E-state index contributed by atoms with van der Waals surface area (Å²) in [7, 11) is 0. The van der Waals surface area contributed by atoms with Crippen molar-refractivity contribution in [2.24, 2.45) is 5.41 Å². The van der Waals surface area contributed by atoms with Gasteiger partial charge in [0.1, 0.15) is 0 Å². The molecule has 1 aromatic rings. The first kappa shape index (κ1) is 19.2. The molecule has 1 atom stereocenters. The number of amides is 2. The number of nitrogens with one attached hydrogen (secondary N) is 3. The van der Waals surface area contributed by atoms with E-state index >= 15 is 0 Å². The second-order valence-corrected chi connectivity index (χ2v) is 6.99. The molecule has 0 aliphatic carbocycles. The van der Waals surface area contributed by atoms with Crippen molar-refractivity contribution in [2.45, 2.75) is 40.7 Å². The molecule has 5 heteroatoms. The minimum atomic E-state index is -0.128. The van der Waals surface area contributed by atoms with Crippen LogP contribution in [0, 0.1) is 5.41 Å². The van der Waals surface area contributed by atoms with Gasteiger partial charge in [-0.2, -0.15) is 0 Å². The highest BCUT2D eigenvalue weighted by molar-refractivity contribution is 5.97. The molecule has 0 saturated carbocycles. The second kappa shape index (κ2) is 8.67. The highest BCUT2D eigenvalue weighted by Gasteiger charge is 2.14. The SMILES string of the molecule is CCN[C@H](C)CNC(=O)c1ccc(C(=O)NCC(C)(C)C)cc1. The highest BCUT2D eigenvalue weighted by Crippen LogP contribution is 2.11. The third-order valence-corrected chi connectivity index (χ3v) is 3.31. The molecule has 0 spiro atoms. The highest BCUT2D eigenvalue weighted by atomic mass is 16.2. The average molecular weight is 319 g/mol. The van der Waals surface area contributed by atoms with Crippen LogP contribution in [0.15, 0.2) is 24.3 Å². The van der Waals surface area contributed by atoms with Crippen molar-refractivity contribution >= 4 is 11.8 Å². The lowest BCUT2D eigenvalue weighted by atomic mass is 9.97. The van der Waals surface area contributed by atoms with Gasteiger partial charge in [-0.15, -0.1) is 0 Å². The van der Waals surface area contributed by atoms with Crippen molar-refractivity contribution in [1.29, 1.82) is 0 Å². The number of hydrogen-bond donors (Lipinski definition) is 3. The van der Waals surface area contributed by atoms with Gasteiger partial charge in [-0.1, -0.05) is 27.7 Å². The summed E-state index contributed by atoms with van der Waals surface area (Å²) < 4.78 is 0. The zero-order valence-electron chi connectivity index (χ0n) is 14.8. The molecule has 3 N–H and O–H groups in total. The Morgan fingerprint density at radius 2 is 1.48 bits per heavy atom. The first-order valence-corrected chi connectivity index (χ1v) is 8.13. The van der Waals surface area contributed by atoms with Crippen LogP contribution in [0.25, 0.3) is 0 Å². The predicted octanol–water partition coefficient (Wildman–Crippen LogP) is 2.19. The van der Waals surface area contributed by atoms with Gasteiger partial charge in [0.2, 0.25) is 0 Å². The first-order chi connectivity index (χ1) is 10.7. The molecule has 2 amide bonds. The Morgan fingerprint density at radius 3 is 1.91 bits per heavy atom.